The van der Waals surface area contributed by atoms with E-state index in [9.17, 15) is 9.90 Å². The van der Waals surface area contributed by atoms with Crippen molar-refractivity contribution in [3.8, 4) is 0 Å². The summed E-state index contributed by atoms with van der Waals surface area (Å²) in [6.45, 7) is 7.23. The number of anilines is 2. The van der Waals surface area contributed by atoms with Crippen LogP contribution in [-0.2, 0) is 0 Å². The highest BCUT2D eigenvalue weighted by molar-refractivity contribution is 5.95. The molecule has 0 bridgehead atoms. The minimum atomic E-state index is -0.951. The Bertz CT molecular complexity index is 520. The lowest BCUT2D eigenvalue weighted by atomic mass is 10.0. The molecule has 116 valence electrons. The molecule has 0 aliphatic heterocycles. The molecule has 3 N–H and O–H groups in total. The summed E-state index contributed by atoms with van der Waals surface area (Å²) in [6.07, 6.45) is 4.91. The van der Waals surface area contributed by atoms with E-state index < -0.39 is 5.97 Å². The Balaban J connectivity index is 2.41. The van der Waals surface area contributed by atoms with Gasteiger partial charge in [0.25, 0.3) is 0 Å². The van der Waals surface area contributed by atoms with Crippen molar-refractivity contribution in [1.29, 1.82) is 0 Å². The average Bonchev–Trinajstić information content (AvgIpc) is 2.92. The maximum atomic E-state index is 11.4. The molecule has 4 heteroatoms. The van der Waals surface area contributed by atoms with Crippen LogP contribution in [0, 0.1) is 12.8 Å². The van der Waals surface area contributed by atoms with Crippen LogP contribution in [0.2, 0.25) is 0 Å². The predicted molar refractivity (Wildman–Crippen MR) is 87.0 cm³/mol. The molecule has 0 radical (unpaired) electrons. The lowest BCUT2D eigenvalue weighted by Gasteiger charge is -2.33. The Hall–Kier alpha value is -1.71. The van der Waals surface area contributed by atoms with Crippen LogP contribution < -0.4 is 10.6 Å². The van der Waals surface area contributed by atoms with Crippen molar-refractivity contribution in [2.24, 2.45) is 5.92 Å². The number of nitrogens with zero attached hydrogens (tertiary/aromatic N) is 1. The molecule has 1 aromatic rings. The van der Waals surface area contributed by atoms with Gasteiger partial charge in [-0.15, -0.1) is 0 Å². The number of hydrogen-bond donors (Lipinski definition) is 2. The van der Waals surface area contributed by atoms with Gasteiger partial charge >= 0.3 is 5.97 Å². The van der Waals surface area contributed by atoms with Crippen LogP contribution in [0.25, 0.3) is 0 Å². The zero-order valence-electron chi connectivity index (χ0n) is 13.2. The highest BCUT2D eigenvalue weighted by atomic mass is 16.4. The molecule has 2 rings (SSSR count). The van der Waals surface area contributed by atoms with Gasteiger partial charge in [-0.2, -0.15) is 0 Å². The minimum absolute atomic E-state index is 0.219. The Morgan fingerprint density at radius 3 is 2.52 bits per heavy atom. The van der Waals surface area contributed by atoms with E-state index in [1.54, 1.807) is 6.07 Å². The van der Waals surface area contributed by atoms with Crippen LogP contribution in [0.4, 0.5) is 11.4 Å². The molecular formula is C17H26N2O2. The monoisotopic (exact) mass is 290 g/mol. The first-order valence-corrected chi connectivity index (χ1v) is 7.80. The van der Waals surface area contributed by atoms with E-state index in [0.717, 1.165) is 17.8 Å². The number of nitrogen functional groups attached to an aromatic ring is 1. The maximum Gasteiger partial charge on any atom is 0.337 e. The van der Waals surface area contributed by atoms with Gasteiger partial charge in [-0.05, 0) is 43.4 Å². The van der Waals surface area contributed by atoms with E-state index in [-0.39, 0.29) is 5.56 Å². The molecule has 1 fully saturated rings. The summed E-state index contributed by atoms with van der Waals surface area (Å²) in [5, 5.41) is 9.35. The van der Waals surface area contributed by atoms with Gasteiger partial charge in [-0.25, -0.2) is 4.79 Å². The van der Waals surface area contributed by atoms with E-state index in [1.165, 1.54) is 25.7 Å². The number of rotatable bonds is 5. The third-order valence-electron chi connectivity index (χ3n) is 4.26. The number of carbonyl (C=O) groups is 1. The normalized spacial score (nSPS) is 15.6. The van der Waals surface area contributed by atoms with Crippen molar-refractivity contribution in [3.63, 3.8) is 0 Å². The molecule has 0 amide bonds. The highest BCUT2D eigenvalue weighted by Crippen LogP contribution is 2.32. The second kappa shape index (κ2) is 6.37. The summed E-state index contributed by atoms with van der Waals surface area (Å²) in [5.74, 6) is -0.412. The molecule has 4 nitrogen and oxygen atoms in total. The van der Waals surface area contributed by atoms with Gasteiger partial charge in [0.2, 0.25) is 0 Å². The maximum absolute atomic E-state index is 11.4. The van der Waals surface area contributed by atoms with E-state index in [1.807, 2.05) is 13.0 Å². The summed E-state index contributed by atoms with van der Waals surface area (Å²) in [6, 6.07) is 4.30. The lowest BCUT2D eigenvalue weighted by Crippen LogP contribution is -2.36. The van der Waals surface area contributed by atoms with Gasteiger partial charge in [0, 0.05) is 24.0 Å². The Labute approximate surface area is 126 Å². The summed E-state index contributed by atoms with van der Waals surface area (Å²) in [7, 11) is 0. The van der Waals surface area contributed by atoms with Crippen molar-refractivity contribution in [1.82, 2.24) is 0 Å². The van der Waals surface area contributed by atoms with Crippen molar-refractivity contribution in [2.45, 2.75) is 52.5 Å². The first-order chi connectivity index (χ1) is 9.90. The van der Waals surface area contributed by atoms with Gasteiger partial charge in [0.1, 0.15) is 0 Å². The third kappa shape index (κ3) is 3.49. The number of benzene rings is 1. The fraction of sp³-hybridized carbons (Fsp3) is 0.588. The fourth-order valence-corrected chi connectivity index (χ4v) is 3.20. The first kappa shape index (κ1) is 15.7. The summed E-state index contributed by atoms with van der Waals surface area (Å²) < 4.78 is 0. The topological polar surface area (TPSA) is 66.6 Å². The largest absolute Gasteiger partial charge is 0.478 e. The second-order valence-electron chi connectivity index (χ2n) is 6.51. The second-order valence-corrected chi connectivity index (χ2v) is 6.51. The molecule has 0 atom stereocenters. The van der Waals surface area contributed by atoms with E-state index >= 15 is 0 Å². The Morgan fingerprint density at radius 2 is 2.00 bits per heavy atom. The predicted octanol–water partition coefficient (Wildman–Crippen LogP) is 3.68. The molecule has 1 aromatic carbocycles. The quantitative estimate of drug-likeness (QED) is 0.812. The average molecular weight is 290 g/mol. The number of hydrogen-bond acceptors (Lipinski definition) is 3. The highest BCUT2D eigenvalue weighted by Gasteiger charge is 2.25. The summed E-state index contributed by atoms with van der Waals surface area (Å²) >= 11 is 0. The first-order valence-electron chi connectivity index (χ1n) is 7.80. The van der Waals surface area contributed by atoms with Gasteiger partial charge in [-0.1, -0.05) is 26.7 Å². The third-order valence-corrected chi connectivity index (χ3v) is 4.26. The molecular weight excluding hydrogens is 264 g/mol. The Kier molecular flexibility index (Phi) is 4.76. The van der Waals surface area contributed by atoms with Crippen molar-refractivity contribution < 1.29 is 9.90 Å². The molecule has 1 aliphatic carbocycles. The molecule has 0 unspecified atom stereocenters. The number of aromatic carboxylic acids is 1. The van der Waals surface area contributed by atoms with E-state index in [4.69, 9.17) is 5.73 Å². The molecule has 0 aromatic heterocycles. The molecule has 1 saturated carbocycles. The van der Waals surface area contributed by atoms with Crippen LogP contribution in [-0.4, -0.2) is 23.7 Å². The fourth-order valence-electron chi connectivity index (χ4n) is 3.20. The Morgan fingerprint density at radius 1 is 1.38 bits per heavy atom. The van der Waals surface area contributed by atoms with E-state index in [2.05, 4.69) is 18.7 Å². The van der Waals surface area contributed by atoms with Gasteiger partial charge < -0.3 is 15.7 Å². The van der Waals surface area contributed by atoms with Crippen LogP contribution in [0.15, 0.2) is 12.1 Å². The SMILES string of the molecule is Cc1cc(N(CC(C)C)C2CCCC2)cc(C(=O)O)c1N. The van der Waals surface area contributed by atoms with E-state index in [0.29, 0.717) is 17.6 Å². The van der Waals surface area contributed by atoms with Crippen LogP contribution in [0.1, 0.15) is 55.5 Å². The number of carboxylic acid groups (broad SMARTS) is 1. The molecule has 0 spiro atoms. The summed E-state index contributed by atoms with van der Waals surface area (Å²) in [4.78, 5) is 13.8. The smallest absolute Gasteiger partial charge is 0.337 e. The van der Waals surface area contributed by atoms with Crippen molar-refractivity contribution >= 4 is 17.3 Å². The van der Waals surface area contributed by atoms with Crippen LogP contribution in [0.5, 0.6) is 0 Å². The number of nitrogens with two attached hydrogens (primary N) is 1. The van der Waals surface area contributed by atoms with Gasteiger partial charge in [0.05, 0.1) is 5.56 Å². The molecule has 0 saturated heterocycles. The minimum Gasteiger partial charge on any atom is -0.478 e. The standard InChI is InChI=1S/C17H26N2O2/c1-11(2)10-19(13-6-4-5-7-13)14-8-12(3)16(18)15(9-14)17(20)21/h8-9,11,13H,4-7,10,18H2,1-3H3,(H,20,21). The van der Waals surface area contributed by atoms with Crippen molar-refractivity contribution in [3.05, 3.63) is 23.3 Å². The van der Waals surface area contributed by atoms with Crippen LogP contribution in [0.3, 0.4) is 0 Å². The summed E-state index contributed by atoms with van der Waals surface area (Å²) in [5.41, 5.74) is 8.35. The lowest BCUT2D eigenvalue weighted by molar-refractivity contribution is 0.0698. The molecule has 0 heterocycles. The van der Waals surface area contributed by atoms with Crippen molar-refractivity contribution in [2.75, 3.05) is 17.2 Å². The molecule has 1 aliphatic rings. The zero-order chi connectivity index (χ0) is 15.6. The zero-order valence-corrected chi connectivity index (χ0v) is 13.2. The van der Waals surface area contributed by atoms with Crippen LogP contribution >= 0.6 is 0 Å². The van der Waals surface area contributed by atoms with Gasteiger partial charge in [-0.3, -0.25) is 0 Å². The molecule has 21 heavy (non-hydrogen) atoms. The number of carboxylic acids is 1. The van der Waals surface area contributed by atoms with Gasteiger partial charge in [0.15, 0.2) is 0 Å². The number of aryl methyl sites for hydroxylation is 1.